The highest BCUT2D eigenvalue weighted by Crippen LogP contribution is 2.17. The van der Waals surface area contributed by atoms with Gasteiger partial charge in [0.1, 0.15) is 5.75 Å². The van der Waals surface area contributed by atoms with E-state index in [0.717, 1.165) is 44.1 Å². The van der Waals surface area contributed by atoms with Crippen LogP contribution in [0.1, 0.15) is 17.5 Å². The number of para-hydroxylation sites is 1. The van der Waals surface area contributed by atoms with Gasteiger partial charge < -0.3 is 20.3 Å². The van der Waals surface area contributed by atoms with Gasteiger partial charge in [-0.25, -0.2) is 0 Å². The van der Waals surface area contributed by atoms with Gasteiger partial charge >= 0.3 is 0 Å². The third-order valence-electron chi connectivity index (χ3n) is 4.49. The molecule has 0 aliphatic heterocycles. The summed E-state index contributed by atoms with van der Waals surface area (Å²) >= 11 is 0. The average molecular weight is 369 g/mol. The molecule has 27 heavy (non-hydrogen) atoms. The van der Waals surface area contributed by atoms with Crippen molar-refractivity contribution in [2.75, 3.05) is 46.2 Å². The van der Waals surface area contributed by atoms with Crippen molar-refractivity contribution in [1.82, 2.24) is 10.6 Å². The molecule has 2 aromatic carbocycles. The molecule has 0 aliphatic carbocycles. The third kappa shape index (κ3) is 6.85. The van der Waals surface area contributed by atoms with Crippen LogP contribution in [0.5, 0.6) is 5.75 Å². The molecular weight excluding hydrogens is 336 g/mol. The molecule has 0 bridgehead atoms. The van der Waals surface area contributed by atoms with Crippen LogP contribution in [0, 0.1) is 0 Å². The summed E-state index contributed by atoms with van der Waals surface area (Å²) in [6.45, 7) is 1.70. The highest BCUT2D eigenvalue weighted by molar-refractivity contribution is 5.79. The Hall–Kier alpha value is -2.69. The Bertz CT molecular complexity index is 711. The van der Waals surface area contributed by atoms with E-state index in [0.29, 0.717) is 0 Å². The van der Waals surface area contributed by atoms with Gasteiger partial charge in [-0.3, -0.25) is 4.99 Å². The van der Waals surface area contributed by atoms with E-state index in [4.69, 9.17) is 4.74 Å². The number of rotatable bonds is 9. The Morgan fingerprint density at radius 3 is 2.33 bits per heavy atom. The number of guanidine groups is 1. The Balaban J connectivity index is 1.68. The number of aliphatic imine (C=N–C) groups is 1. The van der Waals surface area contributed by atoms with Crippen LogP contribution in [0.25, 0.3) is 0 Å². The number of ether oxygens (including phenoxy) is 1. The molecule has 0 aliphatic rings. The van der Waals surface area contributed by atoms with E-state index < -0.39 is 0 Å². The fourth-order valence-corrected chi connectivity index (χ4v) is 2.91. The van der Waals surface area contributed by atoms with Crippen molar-refractivity contribution < 1.29 is 4.74 Å². The van der Waals surface area contributed by atoms with Crippen LogP contribution in [-0.4, -0.2) is 47.3 Å². The number of methoxy groups -OCH3 is 1. The number of aryl methyl sites for hydroxylation is 1. The summed E-state index contributed by atoms with van der Waals surface area (Å²) in [5.41, 5.74) is 3.79. The Morgan fingerprint density at radius 2 is 1.67 bits per heavy atom. The average Bonchev–Trinajstić information content (AvgIpc) is 2.70. The van der Waals surface area contributed by atoms with E-state index >= 15 is 0 Å². The van der Waals surface area contributed by atoms with Gasteiger partial charge in [-0.2, -0.15) is 0 Å². The molecule has 0 fully saturated rings. The Kier molecular flexibility index (Phi) is 8.49. The van der Waals surface area contributed by atoms with Crippen LogP contribution >= 0.6 is 0 Å². The van der Waals surface area contributed by atoms with Crippen LogP contribution in [0.3, 0.4) is 0 Å². The quantitative estimate of drug-likeness (QED) is 0.406. The molecule has 0 heterocycles. The number of hydrogen-bond donors (Lipinski definition) is 2. The molecule has 2 N–H and O–H groups in total. The van der Waals surface area contributed by atoms with E-state index in [-0.39, 0.29) is 0 Å². The zero-order valence-corrected chi connectivity index (χ0v) is 17.0. The van der Waals surface area contributed by atoms with Crippen LogP contribution in [0.15, 0.2) is 53.5 Å². The molecule has 2 aromatic rings. The number of hydrogen-bond acceptors (Lipinski definition) is 3. The summed E-state index contributed by atoms with van der Waals surface area (Å²) in [5, 5.41) is 6.75. The summed E-state index contributed by atoms with van der Waals surface area (Å²) in [6.07, 6.45) is 3.01. The topological polar surface area (TPSA) is 48.9 Å². The maximum Gasteiger partial charge on any atom is 0.190 e. The van der Waals surface area contributed by atoms with Gasteiger partial charge in [-0.15, -0.1) is 0 Å². The molecule has 0 unspecified atom stereocenters. The predicted octanol–water partition coefficient (Wildman–Crippen LogP) is 3.10. The minimum absolute atomic E-state index is 0.812. The standard InChI is InChI=1S/C22H32N4O/c1-23-22(25-17-15-19-9-5-6-10-21(19)27-4)24-16-7-8-18-11-13-20(14-12-18)26(2)3/h5-6,9-14H,7-8,15-17H2,1-4H3,(H2,23,24,25). The first-order valence-corrected chi connectivity index (χ1v) is 9.46. The Labute approximate surface area is 163 Å². The monoisotopic (exact) mass is 368 g/mol. The van der Waals surface area contributed by atoms with E-state index in [2.05, 4.69) is 65.0 Å². The third-order valence-corrected chi connectivity index (χ3v) is 4.49. The van der Waals surface area contributed by atoms with Gasteiger partial charge in [0.15, 0.2) is 5.96 Å². The molecule has 0 atom stereocenters. The molecule has 5 nitrogen and oxygen atoms in total. The van der Waals surface area contributed by atoms with Crippen LogP contribution < -0.4 is 20.3 Å². The van der Waals surface area contributed by atoms with Crippen molar-refractivity contribution in [3.8, 4) is 5.75 Å². The second-order valence-corrected chi connectivity index (χ2v) is 6.65. The van der Waals surface area contributed by atoms with Crippen molar-refractivity contribution in [2.24, 2.45) is 4.99 Å². The molecular formula is C22H32N4O. The lowest BCUT2D eigenvalue weighted by atomic mass is 10.1. The molecule has 0 aromatic heterocycles. The second kappa shape index (κ2) is 11.1. The van der Waals surface area contributed by atoms with Gasteiger partial charge in [0.05, 0.1) is 7.11 Å². The summed E-state index contributed by atoms with van der Waals surface area (Å²) in [6, 6.07) is 16.9. The van der Waals surface area contributed by atoms with Gasteiger partial charge in [0, 0.05) is 39.9 Å². The van der Waals surface area contributed by atoms with Crippen molar-refractivity contribution in [1.29, 1.82) is 0 Å². The van der Waals surface area contributed by atoms with E-state index in [9.17, 15) is 0 Å². The summed E-state index contributed by atoms with van der Waals surface area (Å²) in [7, 11) is 7.63. The summed E-state index contributed by atoms with van der Waals surface area (Å²) in [5.74, 6) is 1.77. The van der Waals surface area contributed by atoms with E-state index in [1.807, 2.05) is 18.2 Å². The van der Waals surface area contributed by atoms with Gasteiger partial charge in [0.25, 0.3) is 0 Å². The number of benzene rings is 2. The first kappa shape index (κ1) is 20.6. The molecule has 0 spiro atoms. The predicted molar refractivity (Wildman–Crippen MR) is 115 cm³/mol. The zero-order valence-electron chi connectivity index (χ0n) is 17.0. The van der Waals surface area contributed by atoms with Crippen LogP contribution in [-0.2, 0) is 12.8 Å². The molecule has 5 heteroatoms. The van der Waals surface area contributed by atoms with Crippen molar-refractivity contribution in [2.45, 2.75) is 19.3 Å². The summed E-state index contributed by atoms with van der Waals surface area (Å²) < 4.78 is 5.39. The fourth-order valence-electron chi connectivity index (χ4n) is 2.91. The van der Waals surface area contributed by atoms with Gasteiger partial charge in [-0.05, 0) is 48.6 Å². The number of nitrogens with zero attached hydrogens (tertiary/aromatic N) is 2. The lowest BCUT2D eigenvalue weighted by Crippen LogP contribution is -2.38. The molecule has 2 rings (SSSR count). The van der Waals surface area contributed by atoms with Gasteiger partial charge in [-0.1, -0.05) is 30.3 Å². The van der Waals surface area contributed by atoms with Crippen molar-refractivity contribution in [3.63, 3.8) is 0 Å². The van der Waals surface area contributed by atoms with E-state index in [1.54, 1.807) is 14.2 Å². The lowest BCUT2D eigenvalue weighted by Gasteiger charge is -2.14. The molecule has 146 valence electrons. The SMILES string of the molecule is CN=C(NCCCc1ccc(N(C)C)cc1)NCCc1ccccc1OC. The summed E-state index contributed by atoms with van der Waals surface area (Å²) in [4.78, 5) is 6.41. The minimum Gasteiger partial charge on any atom is -0.496 e. The fraction of sp³-hybridized carbons (Fsp3) is 0.409. The highest BCUT2D eigenvalue weighted by atomic mass is 16.5. The first-order valence-electron chi connectivity index (χ1n) is 9.46. The molecule has 0 radical (unpaired) electrons. The van der Waals surface area contributed by atoms with Gasteiger partial charge in [0.2, 0.25) is 0 Å². The second-order valence-electron chi connectivity index (χ2n) is 6.65. The number of nitrogens with one attached hydrogen (secondary N) is 2. The smallest absolute Gasteiger partial charge is 0.190 e. The van der Waals surface area contributed by atoms with Crippen molar-refractivity contribution in [3.05, 3.63) is 59.7 Å². The van der Waals surface area contributed by atoms with Crippen LogP contribution in [0.2, 0.25) is 0 Å². The molecule has 0 saturated heterocycles. The number of anilines is 1. The largest absolute Gasteiger partial charge is 0.496 e. The van der Waals surface area contributed by atoms with Crippen molar-refractivity contribution >= 4 is 11.6 Å². The zero-order chi connectivity index (χ0) is 19.5. The minimum atomic E-state index is 0.812. The van der Waals surface area contributed by atoms with Crippen LogP contribution in [0.4, 0.5) is 5.69 Å². The lowest BCUT2D eigenvalue weighted by molar-refractivity contribution is 0.409. The Morgan fingerprint density at radius 1 is 0.963 bits per heavy atom. The molecule has 0 saturated carbocycles. The highest BCUT2D eigenvalue weighted by Gasteiger charge is 2.03. The first-order chi connectivity index (χ1) is 13.1. The molecule has 0 amide bonds. The van der Waals surface area contributed by atoms with E-state index in [1.165, 1.54) is 16.8 Å². The normalized spacial score (nSPS) is 11.2. The maximum atomic E-state index is 5.39. The maximum absolute atomic E-state index is 5.39.